The van der Waals surface area contributed by atoms with E-state index in [4.69, 9.17) is 57.8 Å². The number of esters is 1. The Balaban J connectivity index is 1.41. The van der Waals surface area contributed by atoms with Crippen LogP contribution in [0.1, 0.15) is 126 Å². The van der Waals surface area contributed by atoms with Crippen molar-refractivity contribution in [2.24, 2.45) is 35.3 Å². The average molecular weight is 1240 g/mol. The second kappa shape index (κ2) is 40.6. The van der Waals surface area contributed by atoms with Gasteiger partial charge in [0.15, 0.2) is 5.78 Å². The number of hydrogen-bond donors (Lipinski definition) is 6. The molecule has 498 valence electrons. The van der Waals surface area contributed by atoms with Crippen LogP contribution in [0.2, 0.25) is 0 Å². The van der Waals surface area contributed by atoms with Gasteiger partial charge in [-0.1, -0.05) is 64.2 Å². The van der Waals surface area contributed by atoms with E-state index in [0.717, 1.165) is 10.5 Å². The van der Waals surface area contributed by atoms with Crippen LogP contribution in [-0.4, -0.2) is 228 Å². The molecule has 87 heavy (non-hydrogen) atoms. The molecule has 3 heterocycles. The van der Waals surface area contributed by atoms with Gasteiger partial charge in [-0.05, 0) is 108 Å². The number of fused-ring (bicyclic) bond motifs is 3. The zero-order valence-corrected chi connectivity index (χ0v) is 53.4. The van der Waals surface area contributed by atoms with Crippen molar-refractivity contribution in [1.29, 1.82) is 0 Å². The van der Waals surface area contributed by atoms with Crippen molar-refractivity contribution in [1.82, 2.24) is 10.2 Å². The number of Topliss-reactive ketones (excluding diaryl/α,β-unsaturated/α-hetero) is 2. The first kappa shape index (κ1) is 75.4. The number of rotatable bonds is 25. The monoisotopic (exact) mass is 1240 g/mol. The first-order valence-electron chi connectivity index (χ1n) is 31.6. The highest BCUT2D eigenvalue weighted by Crippen LogP contribution is 2.37. The molecule has 23 nitrogen and oxygen atoms in total. The Kier molecular flexibility index (Phi) is 35.2. The number of aliphatic hydroxyl groups is 4. The van der Waals surface area contributed by atoms with Gasteiger partial charge in [0.05, 0.1) is 97.1 Å². The molecule has 16 atom stereocenters. The van der Waals surface area contributed by atoms with Gasteiger partial charge >= 0.3 is 12.1 Å². The van der Waals surface area contributed by atoms with Gasteiger partial charge in [-0.25, -0.2) is 9.59 Å². The Morgan fingerprint density at radius 2 is 1.37 bits per heavy atom. The molecule has 0 spiro atoms. The van der Waals surface area contributed by atoms with Gasteiger partial charge in [0.25, 0.3) is 11.7 Å². The number of aliphatic hydroxyl groups excluding tert-OH is 3. The maximum absolute atomic E-state index is 14.6. The van der Waals surface area contributed by atoms with Crippen LogP contribution in [0.5, 0.6) is 0 Å². The lowest BCUT2D eigenvalue weighted by molar-refractivity contribution is -0.265. The molecule has 3 aliphatic heterocycles. The quantitative estimate of drug-likeness (QED) is 0.0308. The van der Waals surface area contributed by atoms with Gasteiger partial charge in [0, 0.05) is 70.6 Å². The maximum atomic E-state index is 14.6. The highest BCUT2D eigenvalue weighted by molar-refractivity contribution is 6.39. The van der Waals surface area contributed by atoms with Crippen LogP contribution in [0.3, 0.4) is 0 Å². The van der Waals surface area contributed by atoms with Crippen LogP contribution in [0.15, 0.2) is 47.6 Å². The molecule has 2 saturated heterocycles. The summed E-state index contributed by atoms with van der Waals surface area (Å²) in [6, 6.07) is -2.12. The van der Waals surface area contributed by atoms with Crippen LogP contribution >= 0.6 is 0 Å². The van der Waals surface area contributed by atoms with Gasteiger partial charge in [-0.2, -0.15) is 0 Å². The van der Waals surface area contributed by atoms with E-state index in [0.29, 0.717) is 124 Å². The summed E-state index contributed by atoms with van der Waals surface area (Å²) < 4.78 is 62.7. The van der Waals surface area contributed by atoms with Crippen LogP contribution in [-0.2, 0) is 71.3 Å². The summed E-state index contributed by atoms with van der Waals surface area (Å²) in [5, 5.41) is 49.1. The summed E-state index contributed by atoms with van der Waals surface area (Å²) in [5.74, 6) is -8.36. The lowest BCUT2D eigenvalue weighted by Crippen LogP contribution is -2.61. The number of ketones is 2. The second-order valence-electron chi connectivity index (χ2n) is 23.8. The molecular formula is C64H107N3O20. The number of carbonyl (C=O) groups excluding carboxylic acids is 5. The third-order valence-corrected chi connectivity index (χ3v) is 17.0. The highest BCUT2D eigenvalue weighted by atomic mass is 16.6. The summed E-state index contributed by atoms with van der Waals surface area (Å²) in [7, 11) is 3.08. The predicted molar refractivity (Wildman–Crippen MR) is 323 cm³/mol. The molecule has 23 heteroatoms. The Bertz CT molecular complexity index is 2180. The first-order valence-corrected chi connectivity index (χ1v) is 31.6. The normalized spacial score (nSPS) is 33.9. The van der Waals surface area contributed by atoms with Gasteiger partial charge < -0.3 is 88.5 Å². The number of carbonyl (C=O) groups is 5. The zero-order valence-electron chi connectivity index (χ0n) is 53.4. The molecule has 7 N–H and O–H groups in total. The average Bonchev–Trinajstić information content (AvgIpc) is 1.86. The molecule has 4 rings (SSSR count). The van der Waals surface area contributed by atoms with E-state index in [1.54, 1.807) is 40.9 Å². The Morgan fingerprint density at radius 3 is 1.99 bits per heavy atom. The number of nitrogens with two attached hydrogens (primary N) is 1. The van der Waals surface area contributed by atoms with Crippen molar-refractivity contribution in [3.8, 4) is 0 Å². The van der Waals surface area contributed by atoms with E-state index < -0.39 is 114 Å². The first-order chi connectivity index (χ1) is 41.6. The van der Waals surface area contributed by atoms with Crippen molar-refractivity contribution in [3.05, 3.63) is 47.6 Å². The summed E-state index contributed by atoms with van der Waals surface area (Å²) >= 11 is 0. The number of ether oxygens (including phenoxy) is 11. The molecule has 0 aromatic carbocycles. The smallest absolute Gasteiger partial charge is 0.407 e. The van der Waals surface area contributed by atoms with Crippen molar-refractivity contribution in [2.75, 3.05) is 107 Å². The lowest BCUT2D eigenvalue weighted by Gasteiger charge is -2.42. The van der Waals surface area contributed by atoms with Gasteiger partial charge in [-0.3, -0.25) is 14.4 Å². The van der Waals surface area contributed by atoms with Gasteiger partial charge in [0.2, 0.25) is 5.79 Å². The van der Waals surface area contributed by atoms with E-state index in [1.165, 1.54) is 7.11 Å². The number of cyclic esters (lactones) is 1. The number of methoxy groups -OCH3 is 2. The van der Waals surface area contributed by atoms with Crippen molar-refractivity contribution in [2.45, 2.75) is 192 Å². The van der Waals surface area contributed by atoms with E-state index in [2.05, 4.69) is 5.32 Å². The number of nitrogens with one attached hydrogen (secondary N) is 1. The largest absolute Gasteiger partial charge is 0.459 e. The van der Waals surface area contributed by atoms with E-state index in [-0.39, 0.29) is 62.8 Å². The molecule has 1 aliphatic carbocycles. The SMILES string of the molecule is CCOCCOCCOCCOCCOCCOCCNC(=O)OC1CCC(C[C@@H](N)[C@@H]2C[C@@H](O)[C@H](C)/C=C(\C)[C@@H](O)[C@@H](O)C(=O)[C@H](C)C[C@H](C)/C=C/C=C/C=C(\C)[C@@H](OC)C[C@@H]3CC[C@@H](C)[C@@](O)(O3)C(=O)C(=O)N3CCCC[C@H]3C(=O)O2)C[C@H]1OC. The van der Waals surface area contributed by atoms with E-state index >= 15 is 0 Å². The third-order valence-electron chi connectivity index (χ3n) is 17.0. The molecule has 0 radical (unpaired) electrons. The lowest BCUT2D eigenvalue weighted by atomic mass is 9.80. The minimum atomic E-state index is -2.48. The molecule has 0 aromatic heterocycles. The molecule has 1 saturated carbocycles. The maximum Gasteiger partial charge on any atom is 0.407 e. The summed E-state index contributed by atoms with van der Waals surface area (Å²) in [6.07, 6.45) is 6.61. The molecule has 2 bridgehead atoms. The van der Waals surface area contributed by atoms with Crippen molar-refractivity contribution in [3.63, 3.8) is 0 Å². The Morgan fingerprint density at radius 1 is 0.736 bits per heavy atom. The van der Waals surface area contributed by atoms with Crippen molar-refractivity contribution < 1.29 is 96.5 Å². The number of nitrogens with zero attached hydrogens (tertiary/aromatic N) is 1. The molecule has 3 fully saturated rings. The zero-order chi connectivity index (χ0) is 63.9. The fourth-order valence-corrected chi connectivity index (χ4v) is 11.6. The standard InChI is InChI=1S/C64H107N3O20/c1-10-79-26-27-81-30-31-83-34-35-84-33-32-82-29-28-80-25-23-66-63(75)86-53-22-20-48(39-56(53)78-9)38-50(65)55-41-52(68)44(4)37-46(6)58(70)59(71)57(69)45(5)36-42(2)16-12-11-13-17-43(3)54(77-8)40-49-21-19-47(7)64(76,87-49)60(72)61(73)67-24-15-14-18-51(67)62(74)85-55/h11-13,16-17,37,42,44-45,47-56,58-59,68,70-71,76H,10,14-15,18-36,38-41,65H2,1-9H3,(H,66,75)/b13-11+,16-12+,43-17+,46-37+/t42-,44-,45-,47-,48?,49+,50-,51+,52-,53?,54+,55+,56-,58-,59+,64-/m1/s1. The fourth-order valence-electron chi connectivity index (χ4n) is 11.6. The summed E-state index contributed by atoms with van der Waals surface area (Å²) in [4.78, 5) is 70.9. The summed E-state index contributed by atoms with van der Waals surface area (Å²) in [5.41, 5.74) is 8.10. The molecule has 2 amide bonds. The molecule has 2 unspecified atom stereocenters. The number of amides is 2. The molecule has 0 aromatic rings. The topological polar surface area (TPSA) is 309 Å². The predicted octanol–water partition coefficient (Wildman–Crippen LogP) is 4.86. The van der Waals surface area contributed by atoms with E-state index in [1.807, 2.05) is 51.2 Å². The highest BCUT2D eigenvalue weighted by Gasteiger charge is 2.53. The number of hydrogen-bond acceptors (Lipinski definition) is 21. The second-order valence-corrected chi connectivity index (χ2v) is 23.8. The van der Waals surface area contributed by atoms with Crippen LogP contribution in [0.4, 0.5) is 4.79 Å². The Labute approximate surface area is 516 Å². The van der Waals surface area contributed by atoms with Crippen LogP contribution in [0.25, 0.3) is 0 Å². The van der Waals surface area contributed by atoms with Crippen LogP contribution in [0, 0.1) is 29.6 Å². The minimum Gasteiger partial charge on any atom is -0.459 e. The van der Waals surface area contributed by atoms with Gasteiger partial charge in [0.1, 0.15) is 30.5 Å². The third kappa shape index (κ3) is 25.6. The number of allylic oxidation sites excluding steroid dienone is 5. The van der Waals surface area contributed by atoms with E-state index in [9.17, 15) is 44.4 Å². The van der Waals surface area contributed by atoms with Crippen LogP contribution < -0.4 is 11.1 Å². The minimum absolute atomic E-state index is 0.0275. The number of piperidine rings is 1. The molecular weight excluding hydrogens is 1130 g/mol. The fraction of sp³-hybridized carbons (Fsp3) is 0.797. The number of alkyl carbamates (subject to hydrolysis) is 1. The summed E-state index contributed by atoms with van der Waals surface area (Å²) in [6.45, 7) is 18.0. The van der Waals surface area contributed by atoms with Gasteiger partial charge in [-0.15, -0.1) is 0 Å². The molecule has 4 aliphatic rings. The van der Waals surface area contributed by atoms with Crippen molar-refractivity contribution >= 4 is 29.5 Å². The Hall–Kier alpha value is -4.05.